The van der Waals surface area contributed by atoms with E-state index in [-0.39, 0.29) is 29.7 Å². The molecule has 1 heterocycles. The average molecular weight is 349 g/mol. The number of hydrogen-bond acceptors (Lipinski definition) is 5. The van der Waals surface area contributed by atoms with Crippen molar-refractivity contribution in [2.45, 2.75) is 32.0 Å². The van der Waals surface area contributed by atoms with E-state index in [9.17, 15) is 14.4 Å². The molecule has 6 atom stereocenters. The molecule has 6 heteroatoms. The Morgan fingerprint density at radius 3 is 2.88 bits per heavy atom. The fourth-order valence-electron chi connectivity index (χ4n) is 4.51. The number of ketones is 1. The molecule has 126 valence electrons. The molecule has 0 amide bonds. The van der Waals surface area contributed by atoms with Crippen LogP contribution in [-0.4, -0.2) is 29.9 Å². The number of fused-ring (bicyclic) bond motifs is 1. The van der Waals surface area contributed by atoms with Gasteiger partial charge in [-0.3, -0.25) is 14.4 Å². The van der Waals surface area contributed by atoms with Gasteiger partial charge in [-0.15, -0.1) is 0 Å². The fraction of sp³-hybridized carbons (Fsp3) is 0.500. The van der Waals surface area contributed by atoms with Crippen LogP contribution in [0.2, 0.25) is 5.02 Å². The van der Waals surface area contributed by atoms with Gasteiger partial charge in [0.1, 0.15) is 6.10 Å². The topological polar surface area (TPSA) is 69.7 Å². The van der Waals surface area contributed by atoms with Crippen LogP contribution in [0.4, 0.5) is 0 Å². The highest BCUT2D eigenvalue weighted by Gasteiger charge is 2.64. The van der Waals surface area contributed by atoms with E-state index < -0.39 is 23.9 Å². The van der Waals surface area contributed by atoms with Gasteiger partial charge >= 0.3 is 11.9 Å². The van der Waals surface area contributed by atoms with Gasteiger partial charge in [0.25, 0.3) is 0 Å². The third-order valence-corrected chi connectivity index (χ3v) is 5.76. The zero-order valence-electron chi connectivity index (χ0n) is 13.1. The Kier molecular flexibility index (Phi) is 3.64. The highest BCUT2D eigenvalue weighted by atomic mass is 35.5. The number of halogens is 1. The lowest BCUT2D eigenvalue weighted by Crippen LogP contribution is -2.36. The van der Waals surface area contributed by atoms with E-state index in [0.717, 1.165) is 12.8 Å². The quantitative estimate of drug-likeness (QED) is 0.618. The Morgan fingerprint density at radius 2 is 2.12 bits per heavy atom. The lowest BCUT2D eigenvalue weighted by Gasteiger charge is -2.24. The van der Waals surface area contributed by atoms with Gasteiger partial charge in [-0.2, -0.15) is 0 Å². The number of carbonyl (C=O) groups is 3. The summed E-state index contributed by atoms with van der Waals surface area (Å²) in [4.78, 5) is 37.0. The number of hydrogen-bond donors (Lipinski definition) is 0. The lowest BCUT2D eigenvalue weighted by atomic mass is 9.80. The zero-order chi connectivity index (χ0) is 17.0. The number of rotatable bonds is 4. The lowest BCUT2D eigenvalue weighted by molar-refractivity contribution is -0.157. The Morgan fingerprint density at radius 1 is 1.33 bits per heavy atom. The minimum absolute atomic E-state index is 0.0259. The van der Waals surface area contributed by atoms with Gasteiger partial charge < -0.3 is 9.47 Å². The molecule has 1 aromatic rings. The van der Waals surface area contributed by atoms with Crippen LogP contribution in [0.25, 0.3) is 0 Å². The maximum atomic E-state index is 12.6. The summed E-state index contributed by atoms with van der Waals surface area (Å²) in [6, 6.07) is 6.53. The van der Waals surface area contributed by atoms with Gasteiger partial charge in [0.15, 0.2) is 6.10 Å². The molecule has 5 nitrogen and oxygen atoms in total. The SMILES string of the molecule is C[C@@H](OC(=O)[C@H]1[C@@H]2C[C@@H]3[C@@H]1C(=O)O[C@@H]3C2)C(=O)c1cccc(Cl)c1. The van der Waals surface area contributed by atoms with Crippen LogP contribution in [0.1, 0.15) is 30.1 Å². The Bertz CT molecular complexity index is 728. The first-order valence-electron chi connectivity index (χ1n) is 8.16. The van der Waals surface area contributed by atoms with Crippen LogP contribution >= 0.6 is 11.6 Å². The summed E-state index contributed by atoms with van der Waals surface area (Å²) in [6.45, 7) is 1.55. The fourth-order valence-corrected chi connectivity index (χ4v) is 4.70. The van der Waals surface area contributed by atoms with Crippen molar-refractivity contribution in [1.29, 1.82) is 0 Å². The smallest absolute Gasteiger partial charge is 0.310 e. The van der Waals surface area contributed by atoms with E-state index in [1.807, 2.05) is 0 Å². The van der Waals surface area contributed by atoms with Gasteiger partial charge in [-0.25, -0.2) is 0 Å². The zero-order valence-corrected chi connectivity index (χ0v) is 13.9. The molecule has 1 aliphatic heterocycles. The number of esters is 2. The maximum Gasteiger partial charge on any atom is 0.310 e. The molecule has 0 unspecified atom stereocenters. The van der Waals surface area contributed by atoms with Crippen LogP contribution in [0, 0.1) is 23.7 Å². The molecule has 3 fully saturated rings. The third-order valence-electron chi connectivity index (χ3n) is 5.53. The third kappa shape index (κ3) is 2.34. The second-order valence-corrected chi connectivity index (χ2v) is 7.31. The number of Topliss-reactive ketones (excluding diaryl/α,β-unsaturated/α-hetero) is 1. The monoisotopic (exact) mass is 348 g/mol. The van der Waals surface area contributed by atoms with Crippen LogP contribution in [0.15, 0.2) is 24.3 Å². The molecule has 0 N–H and O–H groups in total. The molecule has 0 radical (unpaired) electrons. The van der Waals surface area contributed by atoms with Crippen molar-refractivity contribution in [2.24, 2.45) is 23.7 Å². The van der Waals surface area contributed by atoms with Crippen molar-refractivity contribution in [1.82, 2.24) is 0 Å². The summed E-state index contributed by atoms with van der Waals surface area (Å²) >= 11 is 5.89. The molecule has 2 bridgehead atoms. The molecule has 1 saturated heterocycles. The minimum Gasteiger partial charge on any atom is -0.462 e. The van der Waals surface area contributed by atoms with E-state index in [2.05, 4.69) is 0 Å². The first kappa shape index (κ1) is 15.6. The van der Waals surface area contributed by atoms with Crippen molar-refractivity contribution >= 4 is 29.3 Å². The van der Waals surface area contributed by atoms with E-state index >= 15 is 0 Å². The van der Waals surface area contributed by atoms with E-state index in [4.69, 9.17) is 21.1 Å². The largest absolute Gasteiger partial charge is 0.462 e. The Balaban J connectivity index is 1.46. The summed E-state index contributed by atoms with van der Waals surface area (Å²) in [7, 11) is 0. The number of carbonyl (C=O) groups excluding carboxylic acids is 3. The second-order valence-electron chi connectivity index (χ2n) is 6.88. The maximum absolute atomic E-state index is 12.6. The van der Waals surface area contributed by atoms with Gasteiger partial charge in [0.2, 0.25) is 5.78 Å². The number of benzene rings is 1. The van der Waals surface area contributed by atoms with Gasteiger partial charge in [-0.1, -0.05) is 23.7 Å². The van der Waals surface area contributed by atoms with Crippen molar-refractivity contribution in [3.05, 3.63) is 34.9 Å². The van der Waals surface area contributed by atoms with Crippen molar-refractivity contribution < 1.29 is 23.9 Å². The van der Waals surface area contributed by atoms with Gasteiger partial charge in [0.05, 0.1) is 11.8 Å². The van der Waals surface area contributed by atoms with Crippen LogP contribution in [0.5, 0.6) is 0 Å². The van der Waals surface area contributed by atoms with E-state index in [0.29, 0.717) is 10.6 Å². The van der Waals surface area contributed by atoms with Crippen molar-refractivity contribution in [2.75, 3.05) is 0 Å². The van der Waals surface area contributed by atoms with E-state index in [1.54, 1.807) is 31.2 Å². The highest BCUT2D eigenvalue weighted by molar-refractivity contribution is 6.31. The predicted octanol–water partition coefficient (Wildman–Crippen LogP) is 2.65. The van der Waals surface area contributed by atoms with Gasteiger partial charge in [0, 0.05) is 16.5 Å². The van der Waals surface area contributed by atoms with Gasteiger partial charge in [-0.05, 0) is 37.8 Å². The molecule has 0 aromatic heterocycles. The highest BCUT2D eigenvalue weighted by Crippen LogP contribution is 2.58. The van der Waals surface area contributed by atoms with Crippen molar-refractivity contribution in [3.8, 4) is 0 Å². The second kappa shape index (κ2) is 5.59. The molecular weight excluding hydrogens is 332 g/mol. The van der Waals surface area contributed by atoms with Crippen LogP contribution in [0.3, 0.4) is 0 Å². The first-order chi connectivity index (χ1) is 11.5. The molecule has 24 heavy (non-hydrogen) atoms. The predicted molar refractivity (Wildman–Crippen MR) is 84.4 cm³/mol. The summed E-state index contributed by atoms with van der Waals surface area (Å²) in [5, 5.41) is 0.451. The summed E-state index contributed by atoms with van der Waals surface area (Å²) in [5.74, 6) is -1.67. The molecule has 3 aliphatic rings. The molecule has 2 saturated carbocycles. The minimum atomic E-state index is -0.914. The molecule has 2 aliphatic carbocycles. The van der Waals surface area contributed by atoms with Crippen LogP contribution in [-0.2, 0) is 19.1 Å². The standard InChI is InChI=1S/C18H17ClO5/c1-8(16(20)9-3-2-4-11(19)5-9)23-17(21)14-10-6-12-13(7-10)24-18(22)15(12)14/h2-5,8,10,12-15H,6-7H2,1H3/t8-,10-,12+,13-,14+,15+/m1/s1. The molecule has 1 aromatic carbocycles. The molecule has 0 spiro atoms. The summed E-state index contributed by atoms with van der Waals surface area (Å²) in [5.41, 5.74) is 0.399. The first-order valence-corrected chi connectivity index (χ1v) is 8.54. The molecule has 4 rings (SSSR count). The normalized spacial score (nSPS) is 34.1. The Hall–Kier alpha value is -1.88. The Labute approximate surface area is 144 Å². The molecular formula is C18H17ClO5. The number of ether oxygens (including phenoxy) is 2. The van der Waals surface area contributed by atoms with Crippen molar-refractivity contribution in [3.63, 3.8) is 0 Å². The van der Waals surface area contributed by atoms with Crippen LogP contribution < -0.4 is 0 Å². The van der Waals surface area contributed by atoms with E-state index in [1.165, 1.54) is 0 Å². The summed E-state index contributed by atoms with van der Waals surface area (Å²) in [6.07, 6.45) is 0.617. The summed E-state index contributed by atoms with van der Waals surface area (Å²) < 4.78 is 10.7. The average Bonchev–Trinajstić information content (AvgIpc) is 3.15.